The van der Waals surface area contributed by atoms with E-state index in [0.717, 1.165) is 25.7 Å². The van der Waals surface area contributed by atoms with Crippen LogP contribution in [0.2, 0.25) is 0 Å². The van der Waals surface area contributed by atoms with Gasteiger partial charge in [0.2, 0.25) is 6.10 Å². The van der Waals surface area contributed by atoms with Crippen LogP contribution >= 0.6 is 0 Å². The zero-order chi connectivity index (χ0) is 25.8. The molecule has 0 bridgehead atoms. The van der Waals surface area contributed by atoms with Crippen LogP contribution < -0.4 is 24.4 Å². The molecule has 194 valence electrons. The van der Waals surface area contributed by atoms with Crippen molar-refractivity contribution in [2.75, 3.05) is 18.6 Å². The van der Waals surface area contributed by atoms with Crippen LogP contribution in [0.25, 0.3) is 0 Å². The van der Waals surface area contributed by atoms with Crippen molar-refractivity contribution < 1.29 is 28.2 Å². The highest BCUT2D eigenvalue weighted by atomic mass is 16.6. The van der Waals surface area contributed by atoms with Gasteiger partial charge in [0.05, 0.1) is 7.11 Å². The summed E-state index contributed by atoms with van der Waals surface area (Å²) in [6.07, 6.45) is 4.21. The molecule has 2 heterocycles. The van der Waals surface area contributed by atoms with Gasteiger partial charge in [0, 0.05) is 11.7 Å². The lowest BCUT2D eigenvalue weighted by atomic mass is 9.95. The van der Waals surface area contributed by atoms with Crippen molar-refractivity contribution in [2.24, 2.45) is 0 Å². The quantitative estimate of drug-likeness (QED) is 0.489. The molecule has 1 aliphatic carbocycles. The van der Waals surface area contributed by atoms with E-state index in [9.17, 15) is 9.59 Å². The van der Waals surface area contributed by atoms with Gasteiger partial charge in [0.1, 0.15) is 23.9 Å². The molecule has 2 aliphatic rings. The molecule has 2 unspecified atom stereocenters. The lowest BCUT2D eigenvalue weighted by Crippen LogP contribution is -2.52. The van der Waals surface area contributed by atoms with Crippen molar-refractivity contribution >= 4 is 17.5 Å². The van der Waals surface area contributed by atoms with Crippen LogP contribution in [0.15, 0.2) is 65.1 Å². The second-order valence-electron chi connectivity index (χ2n) is 9.46. The first-order chi connectivity index (χ1) is 18.0. The molecule has 8 heteroatoms. The van der Waals surface area contributed by atoms with Crippen LogP contribution in [-0.4, -0.2) is 37.7 Å². The Bertz CT molecular complexity index is 1230. The van der Waals surface area contributed by atoms with Crippen LogP contribution in [0.1, 0.15) is 49.7 Å². The minimum Gasteiger partial charge on any atom is -0.497 e. The van der Waals surface area contributed by atoms with Gasteiger partial charge in [-0.2, -0.15) is 0 Å². The zero-order valence-corrected chi connectivity index (χ0v) is 21.1. The molecule has 0 radical (unpaired) electrons. The van der Waals surface area contributed by atoms with E-state index in [1.807, 2.05) is 19.1 Å². The summed E-state index contributed by atoms with van der Waals surface area (Å²) in [5, 5.41) is 3.18. The molecule has 2 aromatic carbocycles. The van der Waals surface area contributed by atoms with Gasteiger partial charge >= 0.3 is 0 Å². The molecule has 1 fully saturated rings. The van der Waals surface area contributed by atoms with Gasteiger partial charge in [-0.15, -0.1) is 0 Å². The van der Waals surface area contributed by atoms with E-state index in [4.69, 9.17) is 18.6 Å². The summed E-state index contributed by atoms with van der Waals surface area (Å²) in [5.41, 5.74) is 0.520. The molecule has 8 nitrogen and oxygen atoms in total. The highest BCUT2D eigenvalue weighted by molar-refractivity contribution is 6.03. The summed E-state index contributed by atoms with van der Waals surface area (Å²) >= 11 is 0. The first-order valence-electron chi connectivity index (χ1n) is 12.8. The molecule has 5 rings (SSSR count). The fraction of sp³-hybridized carbons (Fsp3) is 0.379. The van der Waals surface area contributed by atoms with Gasteiger partial charge in [0.15, 0.2) is 17.5 Å². The van der Waals surface area contributed by atoms with Crippen molar-refractivity contribution in [3.05, 3.63) is 72.2 Å². The Morgan fingerprint density at radius 3 is 2.38 bits per heavy atom. The fourth-order valence-corrected chi connectivity index (χ4v) is 4.94. The highest BCUT2D eigenvalue weighted by Crippen LogP contribution is 2.35. The molecular formula is C29H32N2O6. The normalized spacial score (nSPS) is 18.1. The van der Waals surface area contributed by atoms with Gasteiger partial charge in [-0.3, -0.25) is 14.5 Å². The molecule has 3 aromatic rings. The van der Waals surface area contributed by atoms with E-state index < -0.39 is 18.1 Å². The minimum atomic E-state index is -1.03. The maximum atomic E-state index is 14.1. The third kappa shape index (κ3) is 5.43. The monoisotopic (exact) mass is 504 g/mol. The van der Waals surface area contributed by atoms with Gasteiger partial charge in [-0.25, -0.2) is 0 Å². The number of furan rings is 1. The Morgan fingerprint density at radius 2 is 1.70 bits per heavy atom. The number of ether oxygens (including phenoxy) is 3. The summed E-state index contributed by atoms with van der Waals surface area (Å²) in [5.74, 6) is 2.04. The fourth-order valence-electron chi connectivity index (χ4n) is 4.94. The number of nitrogens with zero attached hydrogens (tertiary/aromatic N) is 1. The molecule has 37 heavy (non-hydrogen) atoms. The number of fused-ring (bicyclic) bond motifs is 1. The molecule has 1 aliphatic heterocycles. The number of anilines is 1. The van der Waals surface area contributed by atoms with Gasteiger partial charge in [0.25, 0.3) is 11.8 Å². The predicted molar refractivity (Wildman–Crippen MR) is 138 cm³/mol. The number of hydrogen-bond acceptors (Lipinski definition) is 6. The van der Waals surface area contributed by atoms with E-state index in [0.29, 0.717) is 34.5 Å². The Morgan fingerprint density at radius 1 is 0.973 bits per heavy atom. The van der Waals surface area contributed by atoms with Gasteiger partial charge in [-0.05, 0) is 68.3 Å². The van der Waals surface area contributed by atoms with E-state index >= 15 is 0 Å². The third-order valence-corrected chi connectivity index (χ3v) is 6.86. The van der Waals surface area contributed by atoms with Crippen molar-refractivity contribution in [2.45, 2.75) is 57.2 Å². The Hall–Kier alpha value is -3.94. The first kappa shape index (κ1) is 24.7. The van der Waals surface area contributed by atoms with Crippen LogP contribution in [-0.2, 0) is 9.59 Å². The molecule has 1 N–H and O–H groups in total. The van der Waals surface area contributed by atoms with Crippen molar-refractivity contribution in [3.63, 3.8) is 0 Å². The van der Waals surface area contributed by atoms with Crippen LogP contribution in [0.5, 0.6) is 17.2 Å². The molecule has 0 spiro atoms. The van der Waals surface area contributed by atoms with E-state index in [-0.39, 0.29) is 18.6 Å². The van der Waals surface area contributed by atoms with E-state index in [1.54, 1.807) is 55.6 Å². The Labute approximate surface area is 216 Å². The van der Waals surface area contributed by atoms with E-state index in [1.165, 1.54) is 11.3 Å². The number of amides is 2. The molecule has 2 atom stereocenters. The number of aryl methyl sites for hydroxylation is 1. The minimum absolute atomic E-state index is 0.0245. The second kappa shape index (κ2) is 11.0. The van der Waals surface area contributed by atoms with Crippen LogP contribution in [0.4, 0.5) is 5.69 Å². The van der Waals surface area contributed by atoms with Crippen molar-refractivity contribution in [1.29, 1.82) is 0 Å². The topological polar surface area (TPSA) is 90.2 Å². The van der Waals surface area contributed by atoms with Gasteiger partial charge < -0.3 is 23.9 Å². The van der Waals surface area contributed by atoms with Crippen LogP contribution in [0, 0.1) is 6.92 Å². The molecular weight excluding hydrogens is 472 g/mol. The maximum absolute atomic E-state index is 14.1. The number of nitrogens with one attached hydrogen (secondary N) is 1. The first-order valence-corrected chi connectivity index (χ1v) is 12.8. The predicted octanol–water partition coefficient (Wildman–Crippen LogP) is 4.96. The number of hydrogen-bond donors (Lipinski definition) is 1. The summed E-state index contributed by atoms with van der Waals surface area (Å²) in [6.45, 7) is 1.84. The third-order valence-electron chi connectivity index (χ3n) is 6.86. The lowest BCUT2D eigenvalue weighted by Gasteiger charge is -2.35. The van der Waals surface area contributed by atoms with Crippen LogP contribution in [0.3, 0.4) is 0 Å². The number of rotatable bonds is 7. The molecule has 1 saturated carbocycles. The number of para-hydroxylation sites is 2. The number of benzene rings is 2. The molecule has 0 saturated heterocycles. The SMILES string of the molecule is COc1ccc(N(C(=O)C2COc3ccccc3O2)C(C(=O)NC2CCCCC2)c2ccc(C)o2)cc1. The average molecular weight is 505 g/mol. The van der Waals surface area contributed by atoms with Crippen molar-refractivity contribution in [1.82, 2.24) is 5.32 Å². The van der Waals surface area contributed by atoms with Crippen molar-refractivity contribution in [3.8, 4) is 17.2 Å². The molecule has 1 aromatic heterocycles. The summed E-state index contributed by atoms with van der Waals surface area (Å²) in [7, 11) is 1.58. The lowest BCUT2D eigenvalue weighted by molar-refractivity contribution is -0.132. The summed E-state index contributed by atoms with van der Waals surface area (Å²) in [4.78, 5) is 29.5. The van der Waals surface area contributed by atoms with Gasteiger partial charge in [-0.1, -0.05) is 31.4 Å². The number of methoxy groups -OCH3 is 1. The van der Waals surface area contributed by atoms with E-state index in [2.05, 4.69) is 5.32 Å². The molecule has 2 amide bonds. The largest absolute Gasteiger partial charge is 0.497 e. The number of carbonyl (C=O) groups excluding carboxylic acids is 2. The average Bonchev–Trinajstić information content (AvgIpc) is 3.37. The smallest absolute Gasteiger partial charge is 0.272 e. The summed E-state index contributed by atoms with van der Waals surface area (Å²) in [6, 6.07) is 16.8. The highest BCUT2D eigenvalue weighted by Gasteiger charge is 2.41. The zero-order valence-electron chi connectivity index (χ0n) is 21.1. The standard InChI is InChI=1S/C29H32N2O6/c1-19-12-17-25(36-19)27(28(32)30-20-8-4-3-5-9-20)31(21-13-15-22(34-2)16-14-21)29(33)26-18-35-23-10-6-7-11-24(23)37-26/h6-7,10-17,20,26-27H,3-5,8-9,18H2,1-2H3,(H,30,32). The Kier molecular flexibility index (Phi) is 7.35. The maximum Gasteiger partial charge on any atom is 0.272 e. The second-order valence-corrected chi connectivity index (χ2v) is 9.46. The number of carbonyl (C=O) groups is 2. The summed E-state index contributed by atoms with van der Waals surface area (Å²) < 4.78 is 23.2. The Balaban J connectivity index is 1.52.